The molecule has 0 saturated heterocycles. The molecular formula is C17H29NO2. The van der Waals surface area contributed by atoms with Crippen LogP contribution < -0.4 is 0 Å². The summed E-state index contributed by atoms with van der Waals surface area (Å²) in [6.07, 6.45) is 6.25. The zero-order valence-corrected chi connectivity index (χ0v) is 13.8. The maximum Gasteiger partial charge on any atom is 0.0769 e. The molecule has 20 heavy (non-hydrogen) atoms. The van der Waals surface area contributed by atoms with Crippen molar-refractivity contribution in [2.75, 3.05) is 27.9 Å². The second-order valence-electron chi connectivity index (χ2n) is 5.99. The van der Waals surface area contributed by atoms with Crippen molar-refractivity contribution >= 4 is 0 Å². The summed E-state index contributed by atoms with van der Waals surface area (Å²) in [7, 11) is 5.54. The van der Waals surface area contributed by atoms with Gasteiger partial charge in [0.25, 0.3) is 0 Å². The Bertz CT molecular complexity index is 404. The third kappa shape index (κ3) is 2.13. The van der Waals surface area contributed by atoms with Gasteiger partial charge in [-0.2, -0.15) is 0 Å². The van der Waals surface area contributed by atoms with E-state index in [0.717, 1.165) is 5.57 Å². The van der Waals surface area contributed by atoms with Gasteiger partial charge in [0.2, 0.25) is 0 Å². The smallest absolute Gasteiger partial charge is 0.0769 e. The minimum atomic E-state index is -0.118. The summed E-state index contributed by atoms with van der Waals surface area (Å²) in [6.45, 7) is 15.3. The quantitative estimate of drug-likeness (QED) is 0.668. The summed E-state index contributed by atoms with van der Waals surface area (Å²) in [4.78, 5) is 2.18. The van der Waals surface area contributed by atoms with Crippen LogP contribution in [-0.2, 0) is 9.47 Å². The van der Waals surface area contributed by atoms with E-state index < -0.39 is 0 Å². The van der Waals surface area contributed by atoms with Crippen molar-refractivity contribution in [2.24, 2.45) is 11.3 Å². The molecule has 1 rings (SSSR count). The minimum Gasteiger partial charge on any atom is -0.381 e. The summed E-state index contributed by atoms with van der Waals surface area (Å²) in [5, 5.41) is 0. The summed E-state index contributed by atoms with van der Waals surface area (Å²) in [5.41, 5.74) is 0.912. The average Bonchev–Trinajstić information content (AvgIpc) is 2.43. The van der Waals surface area contributed by atoms with E-state index in [9.17, 15) is 0 Å². The first-order valence-electron chi connectivity index (χ1n) is 7.02. The molecule has 1 aliphatic rings. The van der Waals surface area contributed by atoms with Crippen LogP contribution in [0.15, 0.2) is 37.1 Å². The number of rotatable bonds is 7. The fourth-order valence-electron chi connectivity index (χ4n) is 3.63. The lowest BCUT2D eigenvalue weighted by molar-refractivity contribution is -0.202. The number of hydrogen-bond donors (Lipinski definition) is 0. The maximum atomic E-state index is 5.78. The van der Waals surface area contributed by atoms with Gasteiger partial charge in [0.05, 0.1) is 18.2 Å². The predicted octanol–water partition coefficient (Wildman–Crippen LogP) is 3.25. The van der Waals surface area contributed by atoms with Crippen LogP contribution in [0.3, 0.4) is 0 Å². The van der Waals surface area contributed by atoms with E-state index in [0.29, 0.717) is 6.61 Å². The molecule has 1 fully saturated rings. The van der Waals surface area contributed by atoms with Crippen molar-refractivity contribution in [3.05, 3.63) is 37.1 Å². The Balaban J connectivity index is 3.21. The third-order valence-electron chi connectivity index (χ3n) is 5.35. The van der Waals surface area contributed by atoms with Gasteiger partial charge in [-0.1, -0.05) is 37.8 Å². The average molecular weight is 279 g/mol. The molecule has 0 heterocycles. The maximum absolute atomic E-state index is 5.78. The van der Waals surface area contributed by atoms with E-state index in [-0.39, 0.29) is 23.0 Å². The standard InChI is InChI=1S/C17H29NO2/c1-9-18(6)17(5)14(11-10-12-19-7)15(20-8)16(17,4)13(2)3/h9-11,14-15H,1-2,12H2,3-8H3/b11-10-. The summed E-state index contributed by atoms with van der Waals surface area (Å²) in [5.74, 6) is 0.271. The molecule has 3 heteroatoms. The second kappa shape index (κ2) is 6.15. The second-order valence-corrected chi connectivity index (χ2v) is 5.99. The van der Waals surface area contributed by atoms with Crippen LogP contribution in [-0.4, -0.2) is 44.4 Å². The molecule has 0 aromatic heterocycles. The molecule has 1 aliphatic carbocycles. The number of nitrogens with zero attached hydrogens (tertiary/aromatic N) is 1. The fourth-order valence-corrected chi connectivity index (χ4v) is 3.63. The molecule has 0 bridgehead atoms. The fraction of sp³-hybridized carbons (Fsp3) is 0.647. The molecule has 114 valence electrons. The first-order valence-corrected chi connectivity index (χ1v) is 7.02. The van der Waals surface area contributed by atoms with Crippen LogP contribution in [0.1, 0.15) is 20.8 Å². The lowest BCUT2D eigenvalue weighted by Crippen LogP contribution is -2.76. The van der Waals surface area contributed by atoms with E-state index >= 15 is 0 Å². The van der Waals surface area contributed by atoms with Gasteiger partial charge >= 0.3 is 0 Å². The summed E-state index contributed by atoms with van der Waals surface area (Å²) >= 11 is 0. The van der Waals surface area contributed by atoms with Gasteiger partial charge in [-0.3, -0.25) is 0 Å². The highest BCUT2D eigenvalue weighted by molar-refractivity contribution is 5.35. The van der Waals surface area contributed by atoms with E-state index in [2.05, 4.69) is 58.0 Å². The van der Waals surface area contributed by atoms with Crippen molar-refractivity contribution in [1.82, 2.24) is 4.90 Å². The van der Waals surface area contributed by atoms with E-state index in [4.69, 9.17) is 9.47 Å². The van der Waals surface area contributed by atoms with Gasteiger partial charge in [0, 0.05) is 32.6 Å². The number of methoxy groups -OCH3 is 2. The highest BCUT2D eigenvalue weighted by atomic mass is 16.5. The van der Waals surface area contributed by atoms with E-state index in [1.807, 2.05) is 6.20 Å². The highest BCUT2D eigenvalue weighted by Crippen LogP contribution is 2.61. The predicted molar refractivity (Wildman–Crippen MR) is 84.6 cm³/mol. The number of hydrogen-bond acceptors (Lipinski definition) is 3. The van der Waals surface area contributed by atoms with E-state index in [1.165, 1.54) is 0 Å². The molecule has 4 unspecified atom stereocenters. The molecule has 0 aromatic carbocycles. The summed E-state index contributed by atoms with van der Waals surface area (Å²) in [6, 6.07) is 0. The molecule has 0 spiro atoms. The van der Waals surface area contributed by atoms with Crippen LogP contribution >= 0.6 is 0 Å². The lowest BCUT2D eigenvalue weighted by atomic mass is 9.45. The highest BCUT2D eigenvalue weighted by Gasteiger charge is 2.68. The first kappa shape index (κ1) is 17.0. The van der Waals surface area contributed by atoms with Crippen molar-refractivity contribution in [2.45, 2.75) is 32.4 Å². The van der Waals surface area contributed by atoms with Crippen LogP contribution in [0.25, 0.3) is 0 Å². The minimum absolute atomic E-state index is 0.106. The van der Waals surface area contributed by atoms with E-state index in [1.54, 1.807) is 14.2 Å². The lowest BCUT2D eigenvalue weighted by Gasteiger charge is -2.69. The van der Waals surface area contributed by atoms with Gasteiger partial charge < -0.3 is 14.4 Å². The Labute approximate surface area is 123 Å². The zero-order chi connectivity index (χ0) is 15.6. The Morgan fingerprint density at radius 2 is 1.95 bits per heavy atom. The normalized spacial score (nSPS) is 36.7. The molecule has 1 saturated carbocycles. The van der Waals surface area contributed by atoms with Crippen molar-refractivity contribution in [3.8, 4) is 0 Å². The third-order valence-corrected chi connectivity index (χ3v) is 5.35. The SMILES string of the molecule is C=CN(C)C1(C)C(/C=C\COC)C(OC)C1(C)C(=C)C. The summed E-state index contributed by atoms with van der Waals surface area (Å²) < 4.78 is 10.9. The topological polar surface area (TPSA) is 21.7 Å². The van der Waals surface area contributed by atoms with Crippen molar-refractivity contribution in [1.29, 1.82) is 0 Å². The van der Waals surface area contributed by atoms with Crippen LogP contribution in [0.2, 0.25) is 0 Å². The van der Waals surface area contributed by atoms with Gasteiger partial charge in [0.1, 0.15) is 0 Å². The Kier molecular flexibility index (Phi) is 5.22. The van der Waals surface area contributed by atoms with Gasteiger partial charge in [-0.25, -0.2) is 0 Å². The van der Waals surface area contributed by atoms with Crippen LogP contribution in [0.4, 0.5) is 0 Å². The Morgan fingerprint density at radius 1 is 1.35 bits per heavy atom. The van der Waals surface area contributed by atoms with Crippen molar-refractivity contribution in [3.63, 3.8) is 0 Å². The molecule has 0 aromatic rings. The van der Waals surface area contributed by atoms with Crippen LogP contribution in [0.5, 0.6) is 0 Å². The van der Waals surface area contributed by atoms with Gasteiger partial charge in [-0.15, -0.1) is 0 Å². The Hall–Kier alpha value is -1.06. The zero-order valence-electron chi connectivity index (χ0n) is 13.8. The molecular weight excluding hydrogens is 250 g/mol. The molecule has 0 aliphatic heterocycles. The largest absolute Gasteiger partial charge is 0.381 e. The molecule has 0 N–H and O–H groups in total. The molecule has 0 radical (unpaired) electrons. The first-order chi connectivity index (χ1) is 9.32. The van der Waals surface area contributed by atoms with Crippen LogP contribution in [0, 0.1) is 11.3 Å². The molecule has 4 atom stereocenters. The van der Waals surface area contributed by atoms with Gasteiger partial charge in [0.15, 0.2) is 0 Å². The van der Waals surface area contributed by atoms with Gasteiger partial charge in [-0.05, 0) is 20.0 Å². The monoisotopic (exact) mass is 279 g/mol. The number of ether oxygens (including phenoxy) is 2. The molecule has 3 nitrogen and oxygen atoms in total. The Morgan fingerprint density at radius 3 is 2.35 bits per heavy atom. The van der Waals surface area contributed by atoms with Crippen molar-refractivity contribution < 1.29 is 9.47 Å². The molecule has 0 amide bonds.